The van der Waals surface area contributed by atoms with Gasteiger partial charge in [0, 0.05) is 12.7 Å². The Labute approximate surface area is 77.9 Å². The Hall–Kier alpha value is -0.810. The molecule has 0 fully saturated rings. The van der Waals surface area contributed by atoms with Crippen molar-refractivity contribution in [2.24, 2.45) is 5.73 Å². The Morgan fingerprint density at radius 1 is 1.83 bits per heavy atom. The maximum absolute atomic E-state index is 10.6. The van der Waals surface area contributed by atoms with Crippen molar-refractivity contribution >= 4 is 21.9 Å². The van der Waals surface area contributed by atoms with Gasteiger partial charge in [-0.2, -0.15) is 0 Å². The van der Waals surface area contributed by atoms with Crippen molar-refractivity contribution in [2.75, 3.05) is 6.54 Å². The topological polar surface area (TPSA) is 79.1 Å². The minimum absolute atomic E-state index is 0.111. The number of carboxylic acids is 1. The largest absolute Gasteiger partial charge is 0.481 e. The van der Waals surface area contributed by atoms with Gasteiger partial charge in [-0.25, -0.2) is 0 Å². The van der Waals surface area contributed by atoms with E-state index in [2.05, 4.69) is 20.9 Å². The number of aromatic nitrogens is 1. The average molecular weight is 233 g/mol. The molecule has 1 rings (SSSR count). The molecule has 0 saturated heterocycles. The van der Waals surface area contributed by atoms with Gasteiger partial charge in [0.1, 0.15) is 0 Å². The summed E-state index contributed by atoms with van der Waals surface area (Å²) in [6.45, 7) is 0.111. The number of halogens is 1. The first-order valence-corrected chi connectivity index (χ1v) is 4.21. The van der Waals surface area contributed by atoms with Crippen LogP contribution < -0.4 is 5.73 Å². The van der Waals surface area contributed by atoms with Gasteiger partial charge in [-0.15, -0.1) is 0 Å². The monoisotopic (exact) mass is 232 g/mol. The SMILES string of the molecule is NCC(C(=O)O)c1c[nH]c(Br)c1. The number of nitrogens with two attached hydrogens (primary N) is 1. The minimum Gasteiger partial charge on any atom is -0.481 e. The van der Waals surface area contributed by atoms with Gasteiger partial charge < -0.3 is 15.8 Å². The summed E-state index contributed by atoms with van der Waals surface area (Å²) >= 11 is 3.19. The summed E-state index contributed by atoms with van der Waals surface area (Å²) in [5.41, 5.74) is 6.00. The fraction of sp³-hybridized carbons (Fsp3) is 0.286. The second kappa shape index (κ2) is 3.73. The van der Waals surface area contributed by atoms with Crippen molar-refractivity contribution in [1.29, 1.82) is 0 Å². The second-order valence-corrected chi connectivity index (χ2v) is 3.26. The molecule has 1 heterocycles. The van der Waals surface area contributed by atoms with Crippen LogP contribution in [0.1, 0.15) is 11.5 Å². The molecule has 12 heavy (non-hydrogen) atoms. The fourth-order valence-corrected chi connectivity index (χ4v) is 1.34. The van der Waals surface area contributed by atoms with E-state index in [1.54, 1.807) is 12.3 Å². The van der Waals surface area contributed by atoms with Crippen molar-refractivity contribution in [3.05, 3.63) is 22.4 Å². The number of hydrogen-bond acceptors (Lipinski definition) is 2. The summed E-state index contributed by atoms with van der Waals surface area (Å²) in [7, 11) is 0. The molecule has 66 valence electrons. The van der Waals surface area contributed by atoms with Crippen LogP contribution in [0.3, 0.4) is 0 Å². The predicted octanol–water partition coefficient (Wildman–Crippen LogP) is 0.904. The van der Waals surface area contributed by atoms with Gasteiger partial charge in [0.2, 0.25) is 0 Å². The molecule has 1 atom stereocenters. The third kappa shape index (κ3) is 1.86. The number of rotatable bonds is 3. The lowest BCUT2D eigenvalue weighted by molar-refractivity contribution is -0.138. The Kier molecular flexibility index (Phi) is 2.88. The first kappa shape index (κ1) is 9.28. The van der Waals surface area contributed by atoms with Crippen LogP contribution in [0.15, 0.2) is 16.9 Å². The van der Waals surface area contributed by atoms with Crippen LogP contribution in [0.4, 0.5) is 0 Å². The first-order chi connectivity index (χ1) is 5.65. The van der Waals surface area contributed by atoms with E-state index in [4.69, 9.17) is 10.8 Å². The summed E-state index contributed by atoms with van der Waals surface area (Å²) in [4.78, 5) is 13.5. The smallest absolute Gasteiger partial charge is 0.312 e. The van der Waals surface area contributed by atoms with Crippen molar-refractivity contribution in [3.63, 3.8) is 0 Å². The Morgan fingerprint density at radius 3 is 2.83 bits per heavy atom. The zero-order valence-electron chi connectivity index (χ0n) is 6.25. The van der Waals surface area contributed by atoms with Gasteiger partial charge in [0.25, 0.3) is 0 Å². The molecule has 0 aromatic carbocycles. The summed E-state index contributed by atoms with van der Waals surface area (Å²) in [5.74, 6) is -1.52. The van der Waals surface area contributed by atoms with Crippen molar-refractivity contribution in [2.45, 2.75) is 5.92 Å². The molecule has 0 spiro atoms. The van der Waals surface area contributed by atoms with Gasteiger partial charge in [-0.1, -0.05) is 0 Å². The molecule has 1 aromatic rings. The van der Waals surface area contributed by atoms with Gasteiger partial charge in [0.05, 0.1) is 10.5 Å². The first-order valence-electron chi connectivity index (χ1n) is 3.42. The molecule has 0 aliphatic rings. The van der Waals surface area contributed by atoms with Crippen LogP contribution in [0.25, 0.3) is 0 Å². The lowest BCUT2D eigenvalue weighted by atomic mass is 10.0. The van der Waals surface area contributed by atoms with Crippen LogP contribution in [0.5, 0.6) is 0 Å². The highest BCUT2D eigenvalue weighted by Gasteiger charge is 2.18. The molecular weight excluding hydrogens is 224 g/mol. The number of nitrogens with one attached hydrogen (secondary N) is 1. The third-order valence-corrected chi connectivity index (χ3v) is 2.06. The molecule has 0 aliphatic carbocycles. The van der Waals surface area contributed by atoms with Crippen molar-refractivity contribution in [3.8, 4) is 0 Å². The van der Waals surface area contributed by atoms with Crippen LogP contribution in [-0.2, 0) is 4.79 Å². The van der Waals surface area contributed by atoms with Crippen LogP contribution >= 0.6 is 15.9 Å². The van der Waals surface area contributed by atoms with E-state index in [0.717, 1.165) is 4.60 Å². The second-order valence-electron chi connectivity index (χ2n) is 2.41. The van der Waals surface area contributed by atoms with Crippen LogP contribution in [0.2, 0.25) is 0 Å². The predicted molar refractivity (Wildman–Crippen MR) is 47.9 cm³/mol. The quantitative estimate of drug-likeness (QED) is 0.725. The summed E-state index contributed by atoms with van der Waals surface area (Å²) < 4.78 is 0.761. The van der Waals surface area contributed by atoms with E-state index in [9.17, 15) is 4.79 Å². The Morgan fingerprint density at radius 2 is 2.50 bits per heavy atom. The van der Waals surface area contributed by atoms with Crippen molar-refractivity contribution in [1.82, 2.24) is 4.98 Å². The van der Waals surface area contributed by atoms with E-state index < -0.39 is 11.9 Å². The standard InChI is InChI=1S/C7H9BrN2O2/c8-6-1-4(3-10-6)5(2-9)7(11)12/h1,3,5,10H,2,9H2,(H,11,12). The van der Waals surface area contributed by atoms with E-state index in [1.807, 2.05) is 0 Å². The number of aliphatic carboxylic acids is 1. The van der Waals surface area contributed by atoms with Crippen molar-refractivity contribution < 1.29 is 9.90 Å². The molecular formula is C7H9BrN2O2. The van der Waals surface area contributed by atoms with Gasteiger partial charge in [0.15, 0.2) is 0 Å². The lowest BCUT2D eigenvalue weighted by Gasteiger charge is -2.05. The maximum Gasteiger partial charge on any atom is 0.312 e. The molecule has 4 N–H and O–H groups in total. The van der Waals surface area contributed by atoms with Crippen LogP contribution in [0, 0.1) is 0 Å². The molecule has 1 aromatic heterocycles. The molecule has 0 radical (unpaired) electrons. The van der Waals surface area contributed by atoms with E-state index in [1.165, 1.54) is 0 Å². The highest BCUT2D eigenvalue weighted by Crippen LogP contribution is 2.18. The minimum atomic E-state index is -0.899. The lowest BCUT2D eigenvalue weighted by Crippen LogP contribution is -2.20. The number of hydrogen-bond donors (Lipinski definition) is 3. The molecule has 1 unspecified atom stereocenters. The molecule has 4 nitrogen and oxygen atoms in total. The van der Waals surface area contributed by atoms with E-state index in [-0.39, 0.29) is 6.54 Å². The van der Waals surface area contributed by atoms with E-state index in [0.29, 0.717) is 5.56 Å². The normalized spacial score (nSPS) is 12.8. The Bertz CT molecular complexity index is 285. The molecule has 0 saturated carbocycles. The summed E-state index contributed by atoms with van der Waals surface area (Å²) in [6, 6.07) is 1.71. The Balaban J connectivity index is 2.87. The van der Waals surface area contributed by atoms with Gasteiger partial charge in [-0.05, 0) is 27.6 Å². The highest BCUT2D eigenvalue weighted by atomic mass is 79.9. The number of carboxylic acid groups (broad SMARTS) is 1. The summed E-state index contributed by atoms with van der Waals surface area (Å²) in [5, 5.41) is 8.73. The maximum atomic E-state index is 10.6. The molecule has 5 heteroatoms. The van der Waals surface area contributed by atoms with Crippen LogP contribution in [-0.4, -0.2) is 22.6 Å². The number of aromatic amines is 1. The van der Waals surface area contributed by atoms with E-state index >= 15 is 0 Å². The van der Waals surface area contributed by atoms with Gasteiger partial charge in [-0.3, -0.25) is 4.79 Å². The highest BCUT2D eigenvalue weighted by molar-refractivity contribution is 9.10. The fourth-order valence-electron chi connectivity index (χ4n) is 0.963. The zero-order chi connectivity index (χ0) is 9.14. The molecule has 0 amide bonds. The molecule has 0 aliphatic heterocycles. The zero-order valence-corrected chi connectivity index (χ0v) is 7.84. The van der Waals surface area contributed by atoms with Gasteiger partial charge >= 0.3 is 5.97 Å². The average Bonchev–Trinajstić information content (AvgIpc) is 2.37. The summed E-state index contributed by atoms with van der Waals surface area (Å²) in [6.07, 6.45) is 1.63. The molecule has 0 bridgehead atoms. The number of H-pyrrole nitrogens is 1. The number of carbonyl (C=O) groups is 1. The third-order valence-electron chi connectivity index (χ3n) is 1.61.